The van der Waals surface area contributed by atoms with E-state index in [0.717, 1.165) is 16.3 Å². The molecule has 2 rings (SSSR count). The van der Waals surface area contributed by atoms with Crippen LogP contribution in [-0.2, 0) is 6.42 Å². The highest BCUT2D eigenvalue weighted by Crippen LogP contribution is 2.29. The average molecular weight is 280 g/mol. The normalized spacial score (nSPS) is 11.2. The summed E-state index contributed by atoms with van der Waals surface area (Å²) in [6.07, 6.45) is 7.75. The van der Waals surface area contributed by atoms with Gasteiger partial charge in [-0.15, -0.1) is 11.3 Å². The van der Waals surface area contributed by atoms with Crippen molar-refractivity contribution in [1.82, 2.24) is 4.98 Å². The first-order valence-electron chi connectivity index (χ1n) is 6.60. The summed E-state index contributed by atoms with van der Waals surface area (Å²) in [7, 11) is 0. The van der Waals surface area contributed by atoms with Gasteiger partial charge in [-0.05, 0) is 36.4 Å². The van der Waals surface area contributed by atoms with Crippen molar-refractivity contribution in [3.8, 4) is 0 Å². The second kappa shape index (κ2) is 7.12. The molecule has 1 aromatic heterocycles. The molecule has 0 spiro atoms. The fraction of sp³-hybridized carbons (Fsp3) is 0.500. The van der Waals surface area contributed by atoms with Gasteiger partial charge in [-0.2, -0.15) is 0 Å². The molecule has 0 bridgehead atoms. The number of benzene rings is 1. The molecule has 4 heteroatoms. The van der Waals surface area contributed by atoms with Gasteiger partial charge in [0.05, 0.1) is 10.2 Å². The summed E-state index contributed by atoms with van der Waals surface area (Å²) in [5.74, 6) is 0. The third-order valence-electron chi connectivity index (χ3n) is 3.13. The first-order chi connectivity index (χ1) is 8.85. The zero-order chi connectivity index (χ0) is 12.8. The molecule has 0 radical (unpaired) electrons. The van der Waals surface area contributed by atoms with Crippen LogP contribution >= 0.6 is 23.3 Å². The maximum absolute atomic E-state index is 5.58. The molecule has 0 unspecified atom stereocenters. The lowest BCUT2D eigenvalue weighted by atomic mass is 10.0. The highest BCUT2D eigenvalue weighted by Gasteiger charge is 2.07. The van der Waals surface area contributed by atoms with Crippen molar-refractivity contribution in [2.24, 2.45) is 5.14 Å². The molecule has 1 heterocycles. The number of para-hydroxylation sites is 1. The molecule has 0 aliphatic heterocycles. The van der Waals surface area contributed by atoms with Crippen molar-refractivity contribution >= 4 is 33.5 Å². The largest absolute Gasteiger partial charge is 0.272 e. The van der Waals surface area contributed by atoms with Crippen LogP contribution in [0.25, 0.3) is 10.2 Å². The Morgan fingerprint density at radius 3 is 2.83 bits per heavy atom. The molecule has 18 heavy (non-hydrogen) atoms. The Kier molecular flexibility index (Phi) is 5.47. The SMILES string of the molecule is CCCCCCCc1cccc2sc(SN)nc12. The number of rotatable bonds is 7. The standard InChI is InChI=1S/C14H20N2S2/c1-2-3-4-5-6-8-11-9-7-10-12-13(11)16-14(17-12)18-15/h7,9-10H,2-6,8,15H2,1H3. The van der Waals surface area contributed by atoms with Crippen molar-refractivity contribution in [3.05, 3.63) is 23.8 Å². The van der Waals surface area contributed by atoms with Gasteiger partial charge in [0.1, 0.15) is 0 Å². The molecule has 2 nitrogen and oxygen atoms in total. The lowest BCUT2D eigenvalue weighted by molar-refractivity contribution is 0.633. The number of hydrogen-bond acceptors (Lipinski definition) is 4. The number of fused-ring (bicyclic) bond motifs is 1. The van der Waals surface area contributed by atoms with Crippen molar-refractivity contribution in [2.45, 2.75) is 49.8 Å². The number of unbranched alkanes of at least 4 members (excludes halogenated alkanes) is 4. The first kappa shape index (κ1) is 13.8. The third-order valence-corrected chi connectivity index (χ3v) is 4.78. The van der Waals surface area contributed by atoms with E-state index in [1.54, 1.807) is 11.3 Å². The molecule has 0 aliphatic rings. The van der Waals surface area contributed by atoms with Crippen molar-refractivity contribution in [3.63, 3.8) is 0 Å². The van der Waals surface area contributed by atoms with E-state index in [-0.39, 0.29) is 0 Å². The summed E-state index contributed by atoms with van der Waals surface area (Å²) in [6.45, 7) is 2.25. The Morgan fingerprint density at radius 2 is 2.06 bits per heavy atom. The molecule has 98 valence electrons. The smallest absolute Gasteiger partial charge is 0.165 e. The van der Waals surface area contributed by atoms with Crippen LogP contribution in [0.3, 0.4) is 0 Å². The van der Waals surface area contributed by atoms with Gasteiger partial charge in [0.25, 0.3) is 0 Å². The zero-order valence-corrected chi connectivity index (χ0v) is 12.4. The van der Waals surface area contributed by atoms with E-state index in [9.17, 15) is 0 Å². The first-order valence-corrected chi connectivity index (χ1v) is 8.30. The molecule has 0 fully saturated rings. The Bertz CT molecular complexity index is 493. The predicted molar refractivity (Wildman–Crippen MR) is 82.1 cm³/mol. The summed E-state index contributed by atoms with van der Waals surface area (Å²) in [4.78, 5) is 4.60. The Balaban J connectivity index is 2.01. The molecule has 2 N–H and O–H groups in total. The topological polar surface area (TPSA) is 38.9 Å². The number of aryl methyl sites for hydroxylation is 1. The van der Waals surface area contributed by atoms with Crippen LogP contribution in [0.1, 0.15) is 44.6 Å². The predicted octanol–water partition coefficient (Wildman–Crippen LogP) is 4.78. The summed E-state index contributed by atoms with van der Waals surface area (Å²) >= 11 is 2.93. The van der Waals surface area contributed by atoms with E-state index >= 15 is 0 Å². The highest BCUT2D eigenvalue weighted by atomic mass is 32.2. The van der Waals surface area contributed by atoms with E-state index in [1.807, 2.05) is 0 Å². The van der Waals surface area contributed by atoms with Crippen molar-refractivity contribution < 1.29 is 0 Å². The van der Waals surface area contributed by atoms with E-state index in [4.69, 9.17) is 5.14 Å². The molecular formula is C14H20N2S2. The van der Waals surface area contributed by atoms with Crippen LogP contribution in [0.2, 0.25) is 0 Å². The van der Waals surface area contributed by atoms with E-state index < -0.39 is 0 Å². The van der Waals surface area contributed by atoms with E-state index in [2.05, 4.69) is 30.1 Å². The van der Waals surface area contributed by atoms with Gasteiger partial charge >= 0.3 is 0 Å². The van der Waals surface area contributed by atoms with Crippen LogP contribution in [0.15, 0.2) is 22.5 Å². The van der Waals surface area contributed by atoms with Crippen LogP contribution in [0, 0.1) is 0 Å². The van der Waals surface area contributed by atoms with Crippen LogP contribution in [0.4, 0.5) is 0 Å². The highest BCUT2D eigenvalue weighted by molar-refractivity contribution is 7.99. The fourth-order valence-electron chi connectivity index (χ4n) is 2.16. The molecule has 0 saturated carbocycles. The molecule has 0 saturated heterocycles. The maximum atomic E-state index is 5.58. The number of thiazole rings is 1. The van der Waals surface area contributed by atoms with Gasteiger partial charge in [0.2, 0.25) is 0 Å². The minimum absolute atomic E-state index is 0.962. The van der Waals surface area contributed by atoms with Gasteiger partial charge in [-0.3, -0.25) is 5.14 Å². The number of nitrogens with two attached hydrogens (primary N) is 1. The fourth-order valence-corrected chi connectivity index (χ4v) is 3.51. The lowest BCUT2D eigenvalue weighted by Crippen LogP contribution is -1.88. The van der Waals surface area contributed by atoms with Gasteiger partial charge < -0.3 is 0 Å². The van der Waals surface area contributed by atoms with Crippen LogP contribution in [0.5, 0.6) is 0 Å². The summed E-state index contributed by atoms with van der Waals surface area (Å²) in [6, 6.07) is 6.47. The summed E-state index contributed by atoms with van der Waals surface area (Å²) in [5, 5.41) is 5.58. The average Bonchev–Trinajstić information content (AvgIpc) is 2.82. The molecule has 1 aromatic carbocycles. The van der Waals surface area contributed by atoms with Crippen LogP contribution in [-0.4, -0.2) is 4.98 Å². The van der Waals surface area contributed by atoms with Gasteiger partial charge in [0.15, 0.2) is 4.34 Å². The number of hydrogen-bond donors (Lipinski definition) is 1. The molecule has 0 atom stereocenters. The second-order valence-corrected chi connectivity index (χ2v) is 6.44. The molecule has 2 aromatic rings. The number of nitrogens with zero attached hydrogens (tertiary/aromatic N) is 1. The second-order valence-electron chi connectivity index (χ2n) is 4.53. The maximum Gasteiger partial charge on any atom is 0.165 e. The minimum atomic E-state index is 0.962. The van der Waals surface area contributed by atoms with Crippen molar-refractivity contribution in [2.75, 3.05) is 0 Å². The van der Waals surface area contributed by atoms with Gasteiger partial charge in [-0.1, -0.05) is 44.7 Å². The Morgan fingerprint density at radius 1 is 1.22 bits per heavy atom. The van der Waals surface area contributed by atoms with E-state index in [0.29, 0.717) is 0 Å². The zero-order valence-electron chi connectivity index (χ0n) is 10.8. The lowest BCUT2D eigenvalue weighted by Gasteiger charge is -2.02. The summed E-state index contributed by atoms with van der Waals surface area (Å²) in [5.41, 5.74) is 2.53. The third kappa shape index (κ3) is 3.46. The monoisotopic (exact) mass is 280 g/mol. The van der Waals surface area contributed by atoms with Gasteiger partial charge in [-0.25, -0.2) is 4.98 Å². The molecule has 0 amide bonds. The van der Waals surface area contributed by atoms with E-state index in [1.165, 1.54) is 54.3 Å². The minimum Gasteiger partial charge on any atom is -0.272 e. The quantitative estimate of drug-likeness (QED) is 0.586. The van der Waals surface area contributed by atoms with Gasteiger partial charge in [0, 0.05) is 0 Å². The molecule has 0 aliphatic carbocycles. The Hall–Kier alpha value is -0.580. The van der Waals surface area contributed by atoms with Crippen LogP contribution < -0.4 is 5.14 Å². The number of aromatic nitrogens is 1. The Labute approximate surface area is 117 Å². The summed E-state index contributed by atoms with van der Waals surface area (Å²) < 4.78 is 2.22. The van der Waals surface area contributed by atoms with Crippen molar-refractivity contribution in [1.29, 1.82) is 0 Å². The molecular weight excluding hydrogens is 260 g/mol.